The van der Waals surface area contributed by atoms with Crippen LogP contribution >= 0.6 is 11.3 Å². The minimum Gasteiger partial charge on any atom is -0.383 e. The van der Waals surface area contributed by atoms with Crippen LogP contribution in [0.25, 0.3) is 0 Å². The van der Waals surface area contributed by atoms with Crippen molar-refractivity contribution in [2.45, 2.75) is 13.2 Å². The van der Waals surface area contributed by atoms with Crippen LogP contribution in [-0.2, 0) is 27.4 Å². The van der Waals surface area contributed by atoms with E-state index in [9.17, 15) is 4.79 Å². The van der Waals surface area contributed by atoms with Gasteiger partial charge in [-0.3, -0.25) is 4.79 Å². The van der Waals surface area contributed by atoms with Crippen LogP contribution in [0.15, 0.2) is 47.8 Å². The number of carbonyl (C=O) groups is 1. The molecule has 0 unspecified atom stereocenters. The summed E-state index contributed by atoms with van der Waals surface area (Å²) in [7, 11) is 1.64. The van der Waals surface area contributed by atoms with E-state index in [1.54, 1.807) is 23.3 Å². The highest BCUT2D eigenvalue weighted by Gasteiger charge is 2.14. The van der Waals surface area contributed by atoms with Gasteiger partial charge in [0.15, 0.2) is 0 Å². The molecule has 0 aliphatic carbocycles. The summed E-state index contributed by atoms with van der Waals surface area (Å²) >= 11 is 1.65. The van der Waals surface area contributed by atoms with Crippen LogP contribution in [0.5, 0.6) is 0 Å². The highest BCUT2D eigenvalue weighted by Crippen LogP contribution is 2.12. The van der Waals surface area contributed by atoms with Crippen molar-refractivity contribution in [3.8, 4) is 0 Å². The fraction of sp³-hybridized carbons (Fsp3) is 0.353. The Morgan fingerprint density at radius 1 is 1.18 bits per heavy atom. The van der Waals surface area contributed by atoms with E-state index in [0.29, 0.717) is 26.3 Å². The molecule has 0 aliphatic heterocycles. The van der Waals surface area contributed by atoms with Gasteiger partial charge in [0, 0.05) is 18.5 Å². The number of nitrogens with zero attached hydrogens (tertiary/aromatic N) is 1. The fourth-order valence-electron chi connectivity index (χ4n) is 2.01. The first-order valence-electron chi connectivity index (χ1n) is 7.20. The zero-order valence-corrected chi connectivity index (χ0v) is 13.6. The summed E-state index contributed by atoms with van der Waals surface area (Å²) in [6.07, 6.45) is 0. The number of ether oxygens (including phenoxy) is 2. The van der Waals surface area contributed by atoms with Gasteiger partial charge in [-0.25, -0.2) is 0 Å². The standard InChI is InChI=1S/C17H21NO3S/c1-20-10-9-18(12-16-8-5-11-22-16)17(19)14-21-13-15-6-3-2-4-7-15/h2-8,11H,9-10,12-14H2,1H3. The summed E-state index contributed by atoms with van der Waals surface area (Å²) in [5.74, 6) is -0.0126. The second-order valence-electron chi connectivity index (χ2n) is 4.87. The lowest BCUT2D eigenvalue weighted by Crippen LogP contribution is -2.35. The molecule has 0 fully saturated rings. The van der Waals surface area contributed by atoms with E-state index in [2.05, 4.69) is 0 Å². The zero-order chi connectivity index (χ0) is 15.6. The van der Waals surface area contributed by atoms with Gasteiger partial charge in [-0.15, -0.1) is 11.3 Å². The van der Waals surface area contributed by atoms with E-state index in [1.165, 1.54) is 0 Å². The van der Waals surface area contributed by atoms with Crippen LogP contribution in [0.2, 0.25) is 0 Å². The minimum absolute atomic E-state index is 0.0126. The van der Waals surface area contributed by atoms with E-state index < -0.39 is 0 Å². The topological polar surface area (TPSA) is 38.8 Å². The van der Waals surface area contributed by atoms with Gasteiger partial charge >= 0.3 is 0 Å². The Morgan fingerprint density at radius 3 is 2.68 bits per heavy atom. The predicted octanol–water partition coefficient (Wildman–Crippen LogP) is 2.94. The van der Waals surface area contributed by atoms with Crippen molar-refractivity contribution < 1.29 is 14.3 Å². The number of methoxy groups -OCH3 is 1. The second kappa shape index (κ2) is 9.35. The first-order valence-corrected chi connectivity index (χ1v) is 8.08. The third kappa shape index (κ3) is 5.60. The summed E-state index contributed by atoms with van der Waals surface area (Å²) in [4.78, 5) is 15.3. The highest BCUT2D eigenvalue weighted by molar-refractivity contribution is 7.09. The largest absolute Gasteiger partial charge is 0.383 e. The SMILES string of the molecule is COCCN(Cc1cccs1)C(=O)COCc1ccccc1. The molecule has 1 heterocycles. The third-order valence-electron chi connectivity index (χ3n) is 3.18. The molecular formula is C17H21NO3S. The molecule has 0 bridgehead atoms. The first kappa shape index (κ1) is 16.7. The molecule has 1 amide bonds. The van der Waals surface area contributed by atoms with Gasteiger partial charge in [-0.05, 0) is 17.0 Å². The Morgan fingerprint density at radius 2 is 2.00 bits per heavy atom. The van der Waals surface area contributed by atoms with Crippen LogP contribution < -0.4 is 0 Å². The fourth-order valence-corrected chi connectivity index (χ4v) is 2.73. The lowest BCUT2D eigenvalue weighted by Gasteiger charge is -2.21. The molecule has 0 spiro atoms. The molecule has 118 valence electrons. The zero-order valence-electron chi connectivity index (χ0n) is 12.7. The molecule has 0 radical (unpaired) electrons. The van der Waals surface area contributed by atoms with Crippen molar-refractivity contribution in [1.29, 1.82) is 0 Å². The number of benzene rings is 1. The maximum atomic E-state index is 12.3. The van der Waals surface area contributed by atoms with Crippen molar-refractivity contribution in [1.82, 2.24) is 4.90 Å². The summed E-state index contributed by atoms with van der Waals surface area (Å²) in [5.41, 5.74) is 1.07. The summed E-state index contributed by atoms with van der Waals surface area (Å²) in [6.45, 7) is 2.24. The van der Waals surface area contributed by atoms with Gasteiger partial charge in [0.2, 0.25) is 5.91 Å². The lowest BCUT2D eigenvalue weighted by molar-refractivity contribution is -0.137. The van der Waals surface area contributed by atoms with Crippen LogP contribution in [-0.4, -0.2) is 37.7 Å². The third-order valence-corrected chi connectivity index (χ3v) is 4.04. The average molecular weight is 319 g/mol. The Labute approximate surface area is 135 Å². The van der Waals surface area contributed by atoms with Crippen molar-refractivity contribution in [3.05, 3.63) is 58.3 Å². The first-order chi connectivity index (χ1) is 10.8. The normalized spacial score (nSPS) is 10.6. The number of amides is 1. The maximum absolute atomic E-state index is 12.3. The molecule has 0 saturated heterocycles. The molecule has 5 heteroatoms. The Hall–Kier alpha value is -1.69. The van der Waals surface area contributed by atoms with E-state index in [0.717, 1.165) is 10.4 Å². The van der Waals surface area contributed by atoms with Crippen LogP contribution in [0.4, 0.5) is 0 Å². The Bertz CT molecular complexity index is 542. The molecule has 2 aromatic rings. The van der Waals surface area contributed by atoms with Gasteiger partial charge in [0.05, 0.1) is 19.8 Å². The lowest BCUT2D eigenvalue weighted by atomic mass is 10.2. The van der Waals surface area contributed by atoms with E-state index in [4.69, 9.17) is 9.47 Å². The number of hydrogen-bond acceptors (Lipinski definition) is 4. The van der Waals surface area contributed by atoms with E-state index in [1.807, 2.05) is 47.8 Å². The molecule has 1 aromatic heterocycles. The van der Waals surface area contributed by atoms with Crippen molar-refractivity contribution in [2.24, 2.45) is 0 Å². The molecule has 0 aliphatic rings. The minimum atomic E-state index is -0.0126. The number of hydrogen-bond donors (Lipinski definition) is 0. The summed E-state index contributed by atoms with van der Waals surface area (Å²) in [5, 5.41) is 2.01. The molecule has 1 aromatic carbocycles. The summed E-state index contributed by atoms with van der Waals surface area (Å²) < 4.78 is 10.6. The van der Waals surface area contributed by atoms with Gasteiger partial charge in [-0.1, -0.05) is 36.4 Å². The second-order valence-corrected chi connectivity index (χ2v) is 5.90. The summed E-state index contributed by atoms with van der Waals surface area (Å²) in [6, 6.07) is 13.9. The smallest absolute Gasteiger partial charge is 0.248 e. The van der Waals surface area contributed by atoms with Crippen LogP contribution in [0.3, 0.4) is 0 Å². The average Bonchev–Trinajstić information content (AvgIpc) is 3.05. The molecule has 0 N–H and O–H groups in total. The molecule has 2 rings (SSSR count). The Balaban J connectivity index is 1.82. The molecule has 0 atom stereocenters. The van der Waals surface area contributed by atoms with Crippen LogP contribution in [0, 0.1) is 0 Å². The van der Waals surface area contributed by atoms with Gasteiger partial charge in [-0.2, -0.15) is 0 Å². The van der Waals surface area contributed by atoms with E-state index in [-0.39, 0.29) is 12.5 Å². The molecule has 22 heavy (non-hydrogen) atoms. The maximum Gasteiger partial charge on any atom is 0.248 e. The van der Waals surface area contributed by atoms with Gasteiger partial charge < -0.3 is 14.4 Å². The predicted molar refractivity (Wildman–Crippen MR) is 87.7 cm³/mol. The Kier molecular flexibility index (Phi) is 7.09. The van der Waals surface area contributed by atoms with Crippen molar-refractivity contribution >= 4 is 17.2 Å². The van der Waals surface area contributed by atoms with Crippen molar-refractivity contribution in [2.75, 3.05) is 26.9 Å². The van der Waals surface area contributed by atoms with Crippen molar-refractivity contribution in [3.63, 3.8) is 0 Å². The monoisotopic (exact) mass is 319 g/mol. The van der Waals surface area contributed by atoms with E-state index >= 15 is 0 Å². The van der Waals surface area contributed by atoms with Crippen LogP contribution in [0.1, 0.15) is 10.4 Å². The number of carbonyl (C=O) groups excluding carboxylic acids is 1. The molecular weight excluding hydrogens is 298 g/mol. The number of rotatable bonds is 9. The quantitative estimate of drug-likeness (QED) is 0.713. The number of thiophene rings is 1. The van der Waals surface area contributed by atoms with Gasteiger partial charge in [0.1, 0.15) is 6.61 Å². The molecule has 0 saturated carbocycles. The molecule has 4 nitrogen and oxygen atoms in total. The van der Waals surface area contributed by atoms with Gasteiger partial charge in [0.25, 0.3) is 0 Å². The highest BCUT2D eigenvalue weighted by atomic mass is 32.1.